The first-order valence-corrected chi connectivity index (χ1v) is 6.04. The highest BCUT2D eigenvalue weighted by Crippen LogP contribution is 2.14. The molecule has 16 heavy (non-hydrogen) atoms. The minimum absolute atomic E-state index is 0.453. The van der Waals surface area contributed by atoms with E-state index in [-0.39, 0.29) is 0 Å². The van der Waals surface area contributed by atoms with Gasteiger partial charge in [0.2, 0.25) is 0 Å². The molecular formula is C12H26N2O2. The Labute approximate surface area is 98.9 Å². The van der Waals surface area contributed by atoms with Gasteiger partial charge in [-0.1, -0.05) is 13.3 Å². The number of amides is 1. The van der Waals surface area contributed by atoms with E-state index in [1.807, 2.05) is 0 Å². The number of carbonyl (C=O) groups is 1. The topological polar surface area (TPSA) is 64.3 Å². The molecule has 0 unspecified atom stereocenters. The normalized spacial score (nSPS) is 17.2. The molecule has 1 aliphatic heterocycles. The Bertz CT molecular complexity index is 194. The van der Waals surface area contributed by atoms with Crippen LogP contribution in [0.2, 0.25) is 0 Å². The summed E-state index contributed by atoms with van der Waals surface area (Å²) in [5.74, 6) is 1.02. The third-order valence-electron chi connectivity index (χ3n) is 2.44. The summed E-state index contributed by atoms with van der Waals surface area (Å²) in [6.07, 6.45) is 3.45. The zero-order valence-electron chi connectivity index (χ0n) is 11.0. The second kappa shape index (κ2) is 7.49. The number of hydrogen-bond donors (Lipinski definition) is 2. The maximum absolute atomic E-state index is 10.0. The van der Waals surface area contributed by atoms with E-state index in [1.165, 1.54) is 32.4 Å². The number of piperidine rings is 1. The molecule has 4 nitrogen and oxygen atoms in total. The van der Waals surface area contributed by atoms with Crippen molar-refractivity contribution < 1.29 is 9.53 Å². The van der Waals surface area contributed by atoms with Gasteiger partial charge in [-0.15, -0.1) is 0 Å². The maximum atomic E-state index is 10.0. The Morgan fingerprint density at radius 1 is 1.38 bits per heavy atom. The van der Waals surface area contributed by atoms with Crippen LogP contribution in [0.1, 0.15) is 47.0 Å². The second-order valence-electron chi connectivity index (χ2n) is 5.14. The van der Waals surface area contributed by atoms with Crippen LogP contribution in [0.5, 0.6) is 0 Å². The van der Waals surface area contributed by atoms with Gasteiger partial charge in [-0.05, 0) is 52.6 Å². The van der Waals surface area contributed by atoms with Gasteiger partial charge in [0, 0.05) is 0 Å². The Balaban J connectivity index is 0.000000281. The molecule has 0 saturated carbocycles. The highest BCUT2D eigenvalue weighted by atomic mass is 16.6. The van der Waals surface area contributed by atoms with Crippen LogP contribution in [0.3, 0.4) is 0 Å². The molecule has 0 atom stereocenters. The van der Waals surface area contributed by atoms with Crippen LogP contribution in [0.15, 0.2) is 0 Å². The van der Waals surface area contributed by atoms with Gasteiger partial charge in [0.25, 0.3) is 0 Å². The predicted molar refractivity (Wildman–Crippen MR) is 66.3 cm³/mol. The van der Waals surface area contributed by atoms with Gasteiger partial charge in [-0.2, -0.15) is 0 Å². The summed E-state index contributed by atoms with van der Waals surface area (Å²) >= 11 is 0. The van der Waals surface area contributed by atoms with Crippen molar-refractivity contribution in [2.75, 3.05) is 13.1 Å². The lowest BCUT2D eigenvalue weighted by molar-refractivity contribution is 0.0600. The van der Waals surface area contributed by atoms with Gasteiger partial charge >= 0.3 is 6.09 Å². The van der Waals surface area contributed by atoms with Crippen LogP contribution in [0.4, 0.5) is 4.79 Å². The van der Waals surface area contributed by atoms with E-state index in [0.29, 0.717) is 0 Å². The molecule has 0 aliphatic carbocycles. The Kier molecular flexibility index (Phi) is 7.13. The lowest BCUT2D eigenvalue weighted by atomic mass is 9.96. The summed E-state index contributed by atoms with van der Waals surface area (Å²) in [6, 6.07) is 0. The smallest absolute Gasteiger partial charge is 0.405 e. The third-order valence-corrected chi connectivity index (χ3v) is 2.44. The molecule has 1 amide bonds. The SMILES string of the molecule is CC(C)(C)OC(N)=O.CCC1CCNCC1. The van der Waals surface area contributed by atoms with Gasteiger partial charge in [0.1, 0.15) is 5.60 Å². The van der Waals surface area contributed by atoms with Crippen molar-refractivity contribution in [3.05, 3.63) is 0 Å². The summed E-state index contributed by atoms with van der Waals surface area (Å²) < 4.78 is 4.58. The number of nitrogens with one attached hydrogen (secondary N) is 1. The maximum Gasteiger partial charge on any atom is 0.405 e. The molecule has 0 aromatic heterocycles. The standard InChI is InChI=1S/C7H15N.C5H11NO2/c1-2-7-3-5-8-6-4-7;1-5(2,3)8-4(6)7/h7-8H,2-6H2,1H3;1-3H3,(H2,6,7). The summed E-state index contributed by atoms with van der Waals surface area (Å²) in [7, 11) is 0. The van der Waals surface area contributed by atoms with Gasteiger partial charge in [-0.25, -0.2) is 4.79 Å². The molecule has 1 heterocycles. The van der Waals surface area contributed by atoms with Crippen molar-refractivity contribution in [1.29, 1.82) is 0 Å². The zero-order chi connectivity index (χ0) is 12.6. The molecule has 0 aromatic rings. The highest BCUT2D eigenvalue weighted by Gasteiger charge is 2.12. The molecule has 1 rings (SSSR count). The van der Waals surface area contributed by atoms with E-state index in [1.54, 1.807) is 20.8 Å². The molecule has 0 radical (unpaired) electrons. The fraction of sp³-hybridized carbons (Fsp3) is 0.917. The number of nitrogens with two attached hydrogens (primary N) is 1. The number of ether oxygens (including phenoxy) is 1. The van der Waals surface area contributed by atoms with Crippen LogP contribution in [-0.4, -0.2) is 24.8 Å². The first kappa shape index (κ1) is 15.2. The molecule has 96 valence electrons. The van der Waals surface area contributed by atoms with E-state index in [0.717, 1.165) is 5.92 Å². The summed E-state index contributed by atoms with van der Waals surface area (Å²) in [6.45, 7) is 10.1. The average molecular weight is 230 g/mol. The van der Waals surface area contributed by atoms with Crippen LogP contribution < -0.4 is 11.1 Å². The van der Waals surface area contributed by atoms with Crippen LogP contribution in [-0.2, 0) is 4.74 Å². The average Bonchev–Trinajstić information content (AvgIpc) is 2.16. The number of hydrogen-bond acceptors (Lipinski definition) is 3. The molecule has 1 aliphatic rings. The number of primary amides is 1. The second-order valence-corrected chi connectivity index (χ2v) is 5.14. The van der Waals surface area contributed by atoms with E-state index < -0.39 is 11.7 Å². The molecule has 4 heteroatoms. The van der Waals surface area contributed by atoms with E-state index >= 15 is 0 Å². The lowest BCUT2D eigenvalue weighted by Gasteiger charge is -2.20. The first-order chi connectivity index (χ1) is 7.35. The minimum Gasteiger partial charge on any atom is -0.444 e. The van der Waals surface area contributed by atoms with Crippen molar-refractivity contribution in [3.63, 3.8) is 0 Å². The molecule has 1 fully saturated rings. The fourth-order valence-electron chi connectivity index (χ4n) is 1.59. The zero-order valence-corrected chi connectivity index (χ0v) is 11.0. The number of carbonyl (C=O) groups excluding carboxylic acids is 1. The molecule has 0 aromatic carbocycles. The summed E-state index contributed by atoms with van der Waals surface area (Å²) in [5.41, 5.74) is 4.26. The van der Waals surface area contributed by atoms with Crippen LogP contribution >= 0.6 is 0 Å². The van der Waals surface area contributed by atoms with Gasteiger partial charge in [0.15, 0.2) is 0 Å². The Morgan fingerprint density at radius 2 is 1.88 bits per heavy atom. The monoisotopic (exact) mass is 230 g/mol. The summed E-state index contributed by atoms with van der Waals surface area (Å²) in [4.78, 5) is 10.0. The van der Waals surface area contributed by atoms with Crippen molar-refractivity contribution in [3.8, 4) is 0 Å². The van der Waals surface area contributed by atoms with Gasteiger partial charge in [0.05, 0.1) is 0 Å². The third kappa shape index (κ3) is 9.77. The van der Waals surface area contributed by atoms with E-state index in [4.69, 9.17) is 5.73 Å². The van der Waals surface area contributed by atoms with E-state index in [9.17, 15) is 4.79 Å². The van der Waals surface area contributed by atoms with Crippen molar-refractivity contribution in [2.45, 2.75) is 52.6 Å². The van der Waals surface area contributed by atoms with Crippen LogP contribution in [0, 0.1) is 5.92 Å². The summed E-state index contributed by atoms with van der Waals surface area (Å²) in [5, 5.41) is 3.35. The van der Waals surface area contributed by atoms with Crippen molar-refractivity contribution in [2.24, 2.45) is 11.7 Å². The predicted octanol–water partition coefficient (Wildman–Crippen LogP) is 2.28. The lowest BCUT2D eigenvalue weighted by Crippen LogP contribution is -2.27. The first-order valence-electron chi connectivity index (χ1n) is 6.04. The fourth-order valence-corrected chi connectivity index (χ4v) is 1.59. The molecular weight excluding hydrogens is 204 g/mol. The van der Waals surface area contributed by atoms with Crippen molar-refractivity contribution in [1.82, 2.24) is 5.32 Å². The Hall–Kier alpha value is -0.770. The largest absolute Gasteiger partial charge is 0.444 e. The minimum atomic E-state index is -0.725. The van der Waals surface area contributed by atoms with E-state index in [2.05, 4.69) is 17.0 Å². The molecule has 3 N–H and O–H groups in total. The van der Waals surface area contributed by atoms with Crippen molar-refractivity contribution >= 4 is 6.09 Å². The Morgan fingerprint density at radius 3 is 2.06 bits per heavy atom. The number of rotatable bonds is 1. The van der Waals surface area contributed by atoms with Crippen LogP contribution in [0.25, 0.3) is 0 Å². The molecule has 0 spiro atoms. The molecule has 0 bridgehead atoms. The highest BCUT2D eigenvalue weighted by molar-refractivity contribution is 5.65. The van der Waals surface area contributed by atoms with Gasteiger partial charge < -0.3 is 15.8 Å². The quantitative estimate of drug-likeness (QED) is 0.726. The van der Waals surface area contributed by atoms with Gasteiger partial charge in [-0.3, -0.25) is 0 Å². The molecule has 1 saturated heterocycles.